The van der Waals surface area contributed by atoms with Crippen LogP contribution in [0, 0.1) is 19.7 Å². The van der Waals surface area contributed by atoms with Crippen molar-refractivity contribution in [2.45, 2.75) is 45.6 Å². The number of carbonyl (C=O) groups is 2. The van der Waals surface area contributed by atoms with Gasteiger partial charge in [0.2, 0.25) is 5.91 Å². The lowest BCUT2D eigenvalue weighted by atomic mass is 9.99. The summed E-state index contributed by atoms with van der Waals surface area (Å²) in [5.41, 5.74) is 3.00. The molecule has 0 saturated carbocycles. The molecule has 1 fully saturated rings. The maximum absolute atomic E-state index is 13.9. The number of hydrogen-bond acceptors (Lipinski definition) is 4. The van der Waals surface area contributed by atoms with E-state index in [9.17, 15) is 14.0 Å². The van der Waals surface area contributed by atoms with Crippen LogP contribution < -0.4 is 5.32 Å². The van der Waals surface area contributed by atoms with Gasteiger partial charge in [0.05, 0.1) is 29.4 Å². The van der Waals surface area contributed by atoms with Crippen molar-refractivity contribution in [3.63, 3.8) is 0 Å². The molecule has 1 N–H and O–H groups in total. The highest BCUT2D eigenvalue weighted by Crippen LogP contribution is 2.30. The number of aryl methyl sites for hydroxylation is 2. The van der Waals surface area contributed by atoms with E-state index in [0.29, 0.717) is 24.5 Å². The predicted octanol–water partition coefficient (Wildman–Crippen LogP) is 4.78. The fraction of sp³-hybridized carbons (Fsp3) is 0.308. The third-order valence-electron chi connectivity index (χ3n) is 5.96. The monoisotopic (exact) mass is 446 g/mol. The molecule has 2 amide bonds. The van der Waals surface area contributed by atoms with Crippen molar-refractivity contribution in [1.82, 2.24) is 14.9 Å². The molecule has 0 unspecified atom stereocenters. The maximum atomic E-state index is 13.9. The van der Waals surface area contributed by atoms with E-state index in [0.717, 1.165) is 30.4 Å². The Morgan fingerprint density at radius 2 is 1.85 bits per heavy atom. The van der Waals surface area contributed by atoms with Crippen LogP contribution in [0.3, 0.4) is 0 Å². The standard InChI is InChI=1S/C26H27FN4O2/c1-17-10-12-19(13-11-17)15-24(32)31-14-6-5-9-23(31)25-28-16-20(18(2)29-25)26(33)30-22-8-4-3-7-21(22)27/h3-4,7-8,10-13,16,23H,5-6,9,14-15H2,1-2H3,(H,30,33)/t23-/m1/s1. The SMILES string of the molecule is Cc1ccc(CC(=O)N2CCCC[C@@H]2c2ncc(C(=O)Nc3ccccc3F)c(C)n2)cc1. The number of nitrogens with zero attached hydrogens (tertiary/aromatic N) is 3. The molecule has 3 aromatic rings. The van der Waals surface area contributed by atoms with Crippen LogP contribution in [0.15, 0.2) is 54.7 Å². The number of para-hydroxylation sites is 1. The Hall–Kier alpha value is -3.61. The summed E-state index contributed by atoms with van der Waals surface area (Å²) in [7, 11) is 0. The average molecular weight is 447 g/mol. The van der Waals surface area contributed by atoms with Gasteiger partial charge in [0, 0.05) is 12.7 Å². The smallest absolute Gasteiger partial charge is 0.259 e. The number of aromatic nitrogens is 2. The summed E-state index contributed by atoms with van der Waals surface area (Å²) in [6.07, 6.45) is 4.50. The number of hydrogen-bond donors (Lipinski definition) is 1. The van der Waals surface area contributed by atoms with Gasteiger partial charge in [0.1, 0.15) is 5.82 Å². The lowest BCUT2D eigenvalue weighted by Gasteiger charge is -2.35. The van der Waals surface area contributed by atoms with Crippen molar-refractivity contribution >= 4 is 17.5 Å². The fourth-order valence-corrected chi connectivity index (χ4v) is 4.10. The predicted molar refractivity (Wildman–Crippen MR) is 124 cm³/mol. The number of carbonyl (C=O) groups excluding carboxylic acids is 2. The van der Waals surface area contributed by atoms with Gasteiger partial charge in [-0.1, -0.05) is 42.0 Å². The van der Waals surface area contributed by atoms with E-state index < -0.39 is 11.7 Å². The van der Waals surface area contributed by atoms with Crippen molar-refractivity contribution < 1.29 is 14.0 Å². The molecule has 0 aliphatic carbocycles. The summed E-state index contributed by atoms with van der Waals surface area (Å²) in [5.74, 6) is -0.399. The average Bonchev–Trinajstić information content (AvgIpc) is 2.82. The molecule has 0 spiro atoms. The van der Waals surface area contributed by atoms with Crippen molar-refractivity contribution in [3.05, 3.63) is 88.8 Å². The van der Waals surface area contributed by atoms with Gasteiger partial charge in [-0.05, 0) is 50.8 Å². The first-order valence-corrected chi connectivity index (χ1v) is 11.2. The van der Waals surface area contributed by atoms with Gasteiger partial charge in [-0.15, -0.1) is 0 Å². The summed E-state index contributed by atoms with van der Waals surface area (Å²) in [6.45, 7) is 4.40. The largest absolute Gasteiger partial charge is 0.332 e. The van der Waals surface area contributed by atoms with Gasteiger partial charge >= 0.3 is 0 Å². The molecule has 1 atom stereocenters. The lowest BCUT2D eigenvalue weighted by molar-refractivity contribution is -0.134. The van der Waals surface area contributed by atoms with E-state index in [1.807, 2.05) is 36.1 Å². The topological polar surface area (TPSA) is 75.2 Å². The molecule has 6 nitrogen and oxygen atoms in total. The summed E-state index contributed by atoms with van der Waals surface area (Å²) >= 11 is 0. The molecule has 170 valence electrons. The summed E-state index contributed by atoms with van der Waals surface area (Å²) in [4.78, 5) is 36.6. The van der Waals surface area contributed by atoms with E-state index in [4.69, 9.17) is 0 Å². The van der Waals surface area contributed by atoms with Gasteiger partial charge in [-0.25, -0.2) is 14.4 Å². The molecule has 0 radical (unpaired) electrons. The summed E-state index contributed by atoms with van der Waals surface area (Å²) in [5, 5.41) is 2.57. The van der Waals surface area contributed by atoms with Crippen LogP contribution in [0.25, 0.3) is 0 Å². The molecule has 1 aromatic heterocycles. The van der Waals surface area contributed by atoms with Gasteiger partial charge in [-0.3, -0.25) is 9.59 Å². The fourth-order valence-electron chi connectivity index (χ4n) is 4.10. The molecule has 0 bridgehead atoms. The Labute approximate surface area is 192 Å². The minimum atomic E-state index is -0.508. The highest BCUT2D eigenvalue weighted by molar-refractivity contribution is 6.04. The van der Waals surface area contributed by atoms with Crippen LogP contribution in [0.5, 0.6) is 0 Å². The number of halogens is 1. The second-order valence-electron chi connectivity index (χ2n) is 8.42. The van der Waals surface area contributed by atoms with Crippen molar-refractivity contribution in [2.24, 2.45) is 0 Å². The van der Waals surface area contributed by atoms with Crippen LogP contribution >= 0.6 is 0 Å². The molecular weight excluding hydrogens is 419 g/mol. The Kier molecular flexibility index (Phi) is 6.77. The van der Waals surface area contributed by atoms with Crippen LogP contribution in [-0.2, 0) is 11.2 Å². The number of likely N-dealkylation sites (tertiary alicyclic amines) is 1. The van der Waals surface area contributed by atoms with Crippen molar-refractivity contribution in [3.8, 4) is 0 Å². The number of amides is 2. The Balaban J connectivity index is 1.51. The normalized spacial score (nSPS) is 15.8. The lowest BCUT2D eigenvalue weighted by Crippen LogP contribution is -2.40. The first kappa shape index (κ1) is 22.6. The summed E-state index contributed by atoms with van der Waals surface area (Å²) in [6, 6.07) is 13.7. The zero-order chi connectivity index (χ0) is 23.4. The molecule has 33 heavy (non-hydrogen) atoms. The third kappa shape index (κ3) is 5.25. The highest BCUT2D eigenvalue weighted by atomic mass is 19.1. The van der Waals surface area contributed by atoms with E-state index in [-0.39, 0.29) is 23.2 Å². The van der Waals surface area contributed by atoms with Gasteiger partial charge in [-0.2, -0.15) is 0 Å². The second kappa shape index (κ2) is 9.90. The van der Waals surface area contributed by atoms with Crippen LogP contribution in [-0.4, -0.2) is 33.2 Å². The minimum absolute atomic E-state index is 0.0474. The van der Waals surface area contributed by atoms with E-state index >= 15 is 0 Å². The first-order chi connectivity index (χ1) is 15.9. The molecule has 7 heteroatoms. The van der Waals surface area contributed by atoms with Crippen molar-refractivity contribution in [1.29, 1.82) is 0 Å². The molecule has 1 saturated heterocycles. The Bertz CT molecular complexity index is 1160. The van der Waals surface area contributed by atoms with Gasteiger partial charge in [0.15, 0.2) is 5.82 Å². The third-order valence-corrected chi connectivity index (χ3v) is 5.96. The highest BCUT2D eigenvalue weighted by Gasteiger charge is 2.30. The summed E-state index contributed by atoms with van der Waals surface area (Å²) < 4.78 is 13.9. The molecule has 1 aliphatic heterocycles. The van der Waals surface area contributed by atoms with E-state index in [1.54, 1.807) is 19.1 Å². The molecule has 1 aliphatic rings. The molecular formula is C26H27FN4O2. The Morgan fingerprint density at radius 1 is 1.09 bits per heavy atom. The first-order valence-electron chi connectivity index (χ1n) is 11.2. The molecule has 2 aromatic carbocycles. The Morgan fingerprint density at radius 3 is 2.58 bits per heavy atom. The molecule has 2 heterocycles. The number of benzene rings is 2. The second-order valence-corrected chi connectivity index (χ2v) is 8.42. The van der Waals surface area contributed by atoms with Crippen LogP contribution in [0.2, 0.25) is 0 Å². The number of piperidine rings is 1. The quantitative estimate of drug-likeness (QED) is 0.612. The van der Waals surface area contributed by atoms with Crippen molar-refractivity contribution in [2.75, 3.05) is 11.9 Å². The zero-order valence-corrected chi connectivity index (χ0v) is 18.8. The van der Waals surface area contributed by atoms with E-state index in [1.165, 1.54) is 18.3 Å². The number of rotatable bonds is 5. The van der Waals surface area contributed by atoms with E-state index in [2.05, 4.69) is 15.3 Å². The molecule has 4 rings (SSSR count). The number of nitrogens with one attached hydrogen (secondary N) is 1. The van der Waals surface area contributed by atoms with Gasteiger partial charge in [0.25, 0.3) is 5.91 Å². The minimum Gasteiger partial charge on any atom is -0.332 e. The zero-order valence-electron chi connectivity index (χ0n) is 18.8. The van der Waals surface area contributed by atoms with Crippen LogP contribution in [0.1, 0.15) is 58.3 Å². The maximum Gasteiger partial charge on any atom is 0.259 e. The van der Waals surface area contributed by atoms with Gasteiger partial charge < -0.3 is 10.2 Å². The number of anilines is 1. The van der Waals surface area contributed by atoms with Crippen LogP contribution in [0.4, 0.5) is 10.1 Å².